The van der Waals surface area contributed by atoms with Crippen LogP contribution in [0.3, 0.4) is 0 Å². The van der Waals surface area contributed by atoms with E-state index < -0.39 is 0 Å². The van der Waals surface area contributed by atoms with Crippen LogP contribution in [-0.4, -0.2) is 11.9 Å². The molecule has 2 N–H and O–H groups in total. The van der Waals surface area contributed by atoms with Crippen molar-refractivity contribution in [3.63, 3.8) is 0 Å². The molecule has 0 unspecified atom stereocenters. The average Bonchev–Trinajstić information content (AvgIpc) is 2.63. The molecule has 0 aromatic heterocycles. The van der Waals surface area contributed by atoms with Crippen LogP contribution in [-0.2, 0) is 0 Å². The molecule has 0 bridgehead atoms. The highest BCUT2D eigenvalue weighted by Gasteiger charge is 2.38. The first kappa shape index (κ1) is 13.9. The van der Waals surface area contributed by atoms with E-state index in [9.17, 15) is 0 Å². The molecule has 2 aliphatic carbocycles. The van der Waals surface area contributed by atoms with Gasteiger partial charge in [-0.2, -0.15) is 0 Å². The van der Waals surface area contributed by atoms with Crippen LogP contribution in [0.15, 0.2) is 4.99 Å². The van der Waals surface area contributed by atoms with E-state index in [1.165, 1.54) is 44.9 Å². The second-order valence-electron chi connectivity index (χ2n) is 8.10. The second-order valence-corrected chi connectivity index (χ2v) is 8.10. The molecule has 0 aromatic rings. The fourth-order valence-corrected chi connectivity index (χ4v) is 4.42. The smallest absolute Gasteiger partial charge is 0.0971 e. The van der Waals surface area contributed by atoms with Crippen LogP contribution in [0.4, 0.5) is 0 Å². The van der Waals surface area contributed by atoms with Crippen LogP contribution >= 0.6 is 0 Å². The molecule has 0 atom stereocenters. The summed E-state index contributed by atoms with van der Waals surface area (Å²) in [6, 6.07) is 0.448. The number of nitrogens with zero attached hydrogens (tertiary/aromatic N) is 1. The molecule has 0 aromatic carbocycles. The van der Waals surface area contributed by atoms with Gasteiger partial charge in [-0.05, 0) is 42.9 Å². The van der Waals surface area contributed by atoms with Crippen molar-refractivity contribution >= 4 is 5.84 Å². The summed E-state index contributed by atoms with van der Waals surface area (Å²) in [5, 5.41) is 0. The van der Waals surface area contributed by atoms with E-state index in [2.05, 4.69) is 27.7 Å². The molecule has 2 heteroatoms. The maximum Gasteiger partial charge on any atom is 0.0971 e. The van der Waals surface area contributed by atoms with Gasteiger partial charge in [0.25, 0.3) is 0 Å². The van der Waals surface area contributed by atoms with Crippen molar-refractivity contribution < 1.29 is 0 Å². The molecule has 0 aliphatic heterocycles. The van der Waals surface area contributed by atoms with Crippen molar-refractivity contribution in [2.75, 3.05) is 0 Å². The summed E-state index contributed by atoms with van der Waals surface area (Å²) in [4.78, 5) is 4.90. The number of nitrogens with two attached hydrogens (primary N) is 1. The highest BCUT2D eigenvalue weighted by Crippen LogP contribution is 2.46. The second kappa shape index (κ2) is 4.86. The normalized spacial score (nSPS) is 29.7. The van der Waals surface area contributed by atoms with Gasteiger partial charge in [0.15, 0.2) is 0 Å². The van der Waals surface area contributed by atoms with Crippen LogP contribution in [0.1, 0.15) is 72.6 Å². The van der Waals surface area contributed by atoms with Crippen LogP contribution in [0.2, 0.25) is 0 Å². The Morgan fingerprint density at radius 1 is 1.00 bits per heavy atom. The van der Waals surface area contributed by atoms with E-state index in [0.717, 1.165) is 5.84 Å². The Balaban J connectivity index is 2.05. The molecule has 0 amide bonds. The van der Waals surface area contributed by atoms with Gasteiger partial charge in [-0.1, -0.05) is 40.5 Å². The van der Waals surface area contributed by atoms with Crippen LogP contribution in [0.5, 0.6) is 0 Å². The molecule has 0 heterocycles. The largest absolute Gasteiger partial charge is 0.387 e. The third kappa shape index (κ3) is 3.49. The van der Waals surface area contributed by atoms with Crippen molar-refractivity contribution in [1.29, 1.82) is 0 Å². The first-order valence-electron chi connectivity index (χ1n) is 7.61. The van der Waals surface area contributed by atoms with Crippen LogP contribution < -0.4 is 5.73 Å². The van der Waals surface area contributed by atoms with Gasteiger partial charge < -0.3 is 5.73 Å². The van der Waals surface area contributed by atoms with E-state index in [1.54, 1.807) is 0 Å². The Morgan fingerprint density at radius 2 is 1.50 bits per heavy atom. The molecule has 2 rings (SSSR count). The SMILES string of the molecule is CC1(C)CC(N=C(N)C2CCCC2)CC(C)(C)C1. The Morgan fingerprint density at radius 3 is 2.00 bits per heavy atom. The Labute approximate surface area is 112 Å². The van der Waals surface area contributed by atoms with Crippen molar-refractivity contribution in [2.45, 2.75) is 78.7 Å². The zero-order valence-corrected chi connectivity index (χ0v) is 12.6. The van der Waals surface area contributed by atoms with E-state index in [0.29, 0.717) is 22.8 Å². The summed E-state index contributed by atoms with van der Waals surface area (Å²) in [5.74, 6) is 1.53. The maximum absolute atomic E-state index is 6.24. The Kier molecular flexibility index (Phi) is 3.75. The van der Waals surface area contributed by atoms with E-state index in [-0.39, 0.29) is 0 Å². The van der Waals surface area contributed by atoms with Crippen molar-refractivity contribution in [3.05, 3.63) is 0 Å². The lowest BCUT2D eigenvalue weighted by Gasteiger charge is -2.43. The van der Waals surface area contributed by atoms with Crippen LogP contribution in [0.25, 0.3) is 0 Å². The molecule has 0 radical (unpaired) electrons. The number of aliphatic imine (C=N–C) groups is 1. The van der Waals surface area contributed by atoms with E-state index >= 15 is 0 Å². The van der Waals surface area contributed by atoms with Gasteiger partial charge in [-0.25, -0.2) is 0 Å². The highest BCUT2D eigenvalue weighted by atomic mass is 14.9. The molecular weight excluding hydrogens is 220 g/mol. The van der Waals surface area contributed by atoms with E-state index in [1.807, 2.05) is 0 Å². The zero-order chi connectivity index (χ0) is 13.4. The highest BCUT2D eigenvalue weighted by molar-refractivity contribution is 5.83. The minimum Gasteiger partial charge on any atom is -0.387 e. The summed E-state index contributed by atoms with van der Waals surface area (Å²) in [7, 11) is 0. The molecule has 18 heavy (non-hydrogen) atoms. The topological polar surface area (TPSA) is 38.4 Å². The third-order valence-corrected chi connectivity index (χ3v) is 4.64. The number of hydrogen-bond donors (Lipinski definition) is 1. The van der Waals surface area contributed by atoms with Gasteiger partial charge in [0, 0.05) is 5.92 Å². The zero-order valence-electron chi connectivity index (χ0n) is 12.6. The van der Waals surface area contributed by atoms with Crippen molar-refractivity contribution in [2.24, 2.45) is 27.5 Å². The van der Waals surface area contributed by atoms with E-state index in [4.69, 9.17) is 10.7 Å². The summed E-state index contributed by atoms with van der Waals surface area (Å²) in [6.07, 6.45) is 8.89. The average molecular weight is 250 g/mol. The molecule has 2 aliphatic rings. The van der Waals surface area contributed by atoms with Crippen LogP contribution in [0, 0.1) is 16.7 Å². The number of rotatable bonds is 2. The monoisotopic (exact) mass is 250 g/mol. The predicted molar refractivity (Wildman–Crippen MR) is 78.8 cm³/mol. The molecule has 2 nitrogen and oxygen atoms in total. The Hall–Kier alpha value is -0.530. The summed E-state index contributed by atoms with van der Waals surface area (Å²) in [5.41, 5.74) is 7.05. The standard InChI is InChI=1S/C16H30N2/c1-15(2)9-13(10-16(3,4)11-15)18-14(17)12-7-5-6-8-12/h12-13H,5-11H2,1-4H3,(H2,17,18). The van der Waals surface area contributed by atoms with Gasteiger partial charge in [0.05, 0.1) is 11.9 Å². The molecule has 0 saturated heterocycles. The van der Waals surface area contributed by atoms with Gasteiger partial charge in [-0.3, -0.25) is 4.99 Å². The number of hydrogen-bond acceptors (Lipinski definition) is 1. The third-order valence-electron chi connectivity index (χ3n) is 4.64. The summed E-state index contributed by atoms with van der Waals surface area (Å²) in [6.45, 7) is 9.51. The van der Waals surface area contributed by atoms with Crippen molar-refractivity contribution in [3.8, 4) is 0 Å². The quantitative estimate of drug-likeness (QED) is 0.580. The molecule has 0 spiro atoms. The first-order chi connectivity index (χ1) is 8.27. The van der Waals surface area contributed by atoms with Gasteiger partial charge >= 0.3 is 0 Å². The fraction of sp³-hybridized carbons (Fsp3) is 0.938. The summed E-state index contributed by atoms with van der Waals surface area (Å²) >= 11 is 0. The minimum absolute atomic E-state index is 0.409. The number of amidine groups is 1. The maximum atomic E-state index is 6.24. The van der Waals surface area contributed by atoms with Gasteiger partial charge in [-0.15, -0.1) is 0 Å². The van der Waals surface area contributed by atoms with Crippen molar-refractivity contribution in [1.82, 2.24) is 0 Å². The predicted octanol–water partition coefficient (Wildman–Crippen LogP) is 4.14. The molecular formula is C16H30N2. The van der Waals surface area contributed by atoms with Gasteiger partial charge in [0.1, 0.15) is 0 Å². The lowest BCUT2D eigenvalue weighted by molar-refractivity contribution is 0.0995. The van der Waals surface area contributed by atoms with Gasteiger partial charge in [0.2, 0.25) is 0 Å². The summed E-state index contributed by atoms with van der Waals surface area (Å²) < 4.78 is 0. The molecule has 2 fully saturated rings. The lowest BCUT2D eigenvalue weighted by Crippen LogP contribution is -2.37. The molecule has 2 saturated carbocycles. The first-order valence-corrected chi connectivity index (χ1v) is 7.61. The Bertz CT molecular complexity index is 306. The minimum atomic E-state index is 0.409. The lowest BCUT2D eigenvalue weighted by atomic mass is 9.64. The fourth-order valence-electron chi connectivity index (χ4n) is 4.42. The molecule has 104 valence electrons.